The van der Waals surface area contributed by atoms with Crippen molar-refractivity contribution in [2.75, 3.05) is 9.80 Å². The van der Waals surface area contributed by atoms with E-state index in [4.69, 9.17) is 0 Å². The van der Waals surface area contributed by atoms with E-state index in [1.54, 1.807) is 0 Å². The Balaban J connectivity index is 0.991. The fraction of sp³-hybridized carbons (Fsp3) is 0.100. The quantitative estimate of drug-likeness (QED) is 0.158. The fourth-order valence-corrected chi connectivity index (χ4v) is 10.1. The largest absolute Gasteiger partial charge is 0.311 e. The number of anilines is 6. The topological polar surface area (TPSA) is 6.48 Å². The first kappa shape index (κ1) is 37.6. The molecule has 2 heteroatoms. The third-order valence-electron chi connectivity index (χ3n) is 13.5. The van der Waals surface area contributed by atoms with E-state index >= 15 is 0 Å². The van der Waals surface area contributed by atoms with Crippen molar-refractivity contribution in [3.8, 4) is 44.5 Å². The van der Waals surface area contributed by atoms with E-state index < -0.39 is 0 Å². The maximum absolute atomic E-state index is 2.51. The van der Waals surface area contributed by atoms with Gasteiger partial charge in [0, 0.05) is 33.6 Å². The van der Waals surface area contributed by atoms with Crippen LogP contribution in [-0.4, -0.2) is 0 Å². The summed E-state index contributed by atoms with van der Waals surface area (Å²) in [5.74, 6) is 0. The van der Waals surface area contributed by atoms with Crippen molar-refractivity contribution >= 4 is 34.1 Å². The number of hydrogen-bond acceptors (Lipinski definition) is 2. The molecule has 0 bridgehead atoms. The third-order valence-corrected chi connectivity index (χ3v) is 13.5. The highest BCUT2D eigenvalue weighted by molar-refractivity contribution is 5.92. The molecule has 1 aliphatic carbocycles. The van der Waals surface area contributed by atoms with Gasteiger partial charge in [0.25, 0.3) is 0 Å². The summed E-state index contributed by atoms with van der Waals surface area (Å²) in [6, 6.07) is 80.1. The van der Waals surface area contributed by atoms with Crippen LogP contribution < -0.4 is 9.80 Å². The molecule has 9 aromatic rings. The van der Waals surface area contributed by atoms with Gasteiger partial charge in [-0.2, -0.15) is 0 Å². The highest BCUT2D eigenvalue weighted by Gasteiger charge is 2.42. The van der Waals surface area contributed by atoms with Gasteiger partial charge in [0.2, 0.25) is 0 Å². The van der Waals surface area contributed by atoms with Gasteiger partial charge in [-0.05, 0) is 140 Å². The second-order valence-electron chi connectivity index (χ2n) is 17.8. The molecule has 0 spiro atoms. The molecule has 0 atom stereocenters. The molecule has 0 aromatic heterocycles. The van der Waals surface area contributed by atoms with Crippen LogP contribution in [0.3, 0.4) is 0 Å². The third kappa shape index (κ3) is 6.17. The summed E-state index contributed by atoms with van der Waals surface area (Å²) in [6.07, 6.45) is 0. The Morgan fingerprint density at radius 1 is 0.306 bits per heavy atom. The molecule has 1 aliphatic heterocycles. The van der Waals surface area contributed by atoms with Gasteiger partial charge in [0.05, 0.1) is 11.4 Å². The zero-order valence-electron chi connectivity index (χ0n) is 35.7. The smallest absolute Gasteiger partial charge is 0.0506 e. The fourth-order valence-electron chi connectivity index (χ4n) is 10.1. The number of benzene rings is 9. The lowest BCUT2D eigenvalue weighted by Crippen LogP contribution is -2.31. The maximum atomic E-state index is 2.51. The second kappa shape index (κ2) is 14.6. The zero-order chi connectivity index (χ0) is 42.0. The molecule has 0 saturated heterocycles. The Labute approximate surface area is 366 Å². The van der Waals surface area contributed by atoms with Gasteiger partial charge in [0.15, 0.2) is 0 Å². The van der Waals surface area contributed by atoms with Gasteiger partial charge in [-0.15, -0.1) is 0 Å². The van der Waals surface area contributed by atoms with Crippen LogP contribution in [0.15, 0.2) is 218 Å². The Kier molecular flexibility index (Phi) is 8.87. The highest BCUT2D eigenvalue weighted by atomic mass is 15.2. The summed E-state index contributed by atoms with van der Waals surface area (Å²) in [6.45, 7) is 9.56. The lowest BCUT2D eigenvalue weighted by molar-refractivity contribution is 0.627. The molecule has 2 aliphatic rings. The molecule has 0 saturated carbocycles. The molecule has 0 N–H and O–H groups in total. The van der Waals surface area contributed by atoms with Crippen molar-refractivity contribution in [2.45, 2.75) is 38.5 Å². The first-order valence-electron chi connectivity index (χ1n) is 21.8. The van der Waals surface area contributed by atoms with Crippen LogP contribution in [0.2, 0.25) is 0 Å². The van der Waals surface area contributed by atoms with Crippen LogP contribution in [0.5, 0.6) is 0 Å². The normalized spacial score (nSPS) is 14.0. The Morgan fingerprint density at radius 3 is 1.27 bits per heavy atom. The Morgan fingerprint density at radius 2 is 0.726 bits per heavy atom. The van der Waals surface area contributed by atoms with Crippen molar-refractivity contribution < 1.29 is 0 Å². The molecule has 9 aromatic carbocycles. The molecule has 0 unspecified atom stereocenters. The minimum Gasteiger partial charge on any atom is -0.311 e. The number of fused-ring (bicyclic) bond motifs is 5. The lowest BCUT2D eigenvalue weighted by atomic mass is 9.71. The van der Waals surface area contributed by atoms with Crippen LogP contribution >= 0.6 is 0 Å². The number of rotatable bonds is 7. The van der Waals surface area contributed by atoms with E-state index in [0.29, 0.717) is 0 Å². The first-order valence-corrected chi connectivity index (χ1v) is 21.8. The summed E-state index contributed by atoms with van der Waals surface area (Å²) in [7, 11) is 0. The van der Waals surface area contributed by atoms with Crippen LogP contribution in [0.4, 0.5) is 34.1 Å². The summed E-state index contributed by atoms with van der Waals surface area (Å²) in [5, 5.41) is 0. The van der Waals surface area contributed by atoms with E-state index in [1.165, 1.54) is 83.8 Å². The van der Waals surface area contributed by atoms with Crippen LogP contribution in [0, 0.1) is 0 Å². The second-order valence-corrected chi connectivity index (χ2v) is 17.8. The standard InChI is InChI=1S/C60H48N2/c1-59(2)53-23-15-14-22-51(53)52-39-56-58(40-54(52)59)62(47-20-12-7-13-21-47)57-37-30-46(38-55(57)60(56,3)4)45-28-35-50(36-29-45)61(48-31-24-43(25-32-48)41-16-8-5-9-17-41)49-33-26-44(27-34-49)42-18-10-6-11-19-42/h5-40H,1-4H3. The molecular weight excluding hydrogens is 749 g/mol. The van der Waals surface area contributed by atoms with Gasteiger partial charge in [0.1, 0.15) is 0 Å². The molecule has 298 valence electrons. The molecule has 11 rings (SSSR count). The predicted octanol–water partition coefficient (Wildman–Crippen LogP) is 16.6. The summed E-state index contributed by atoms with van der Waals surface area (Å²) in [4.78, 5) is 4.85. The van der Waals surface area contributed by atoms with Gasteiger partial charge >= 0.3 is 0 Å². The molecule has 0 fully saturated rings. The SMILES string of the molecule is CC1(C)c2ccccc2-c2cc3c(cc21)N(c1ccccc1)c1ccc(-c2ccc(N(c4ccc(-c5ccccc5)cc4)c4ccc(-c5ccccc5)cc4)cc2)cc1C3(C)C. The van der Waals surface area contributed by atoms with Crippen molar-refractivity contribution in [3.05, 3.63) is 241 Å². The van der Waals surface area contributed by atoms with Crippen molar-refractivity contribution in [1.82, 2.24) is 0 Å². The molecule has 0 amide bonds. The monoisotopic (exact) mass is 796 g/mol. The molecule has 62 heavy (non-hydrogen) atoms. The van der Waals surface area contributed by atoms with Crippen LogP contribution in [0.25, 0.3) is 44.5 Å². The Hall–Kier alpha value is -7.42. The van der Waals surface area contributed by atoms with Gasteiger partial charge in [-0.3, -0.25) is 0 Å². The minimum atomic E-state index is -0.253. The molecule has 1 heterocycles. The lowest BCUT2D eigenvalue weighted by Gasteiger charge is -2.43. The first-order chi connectivity index (χ1) is 30.3. The van der Waals surface area contributed by atoms with E-state index in [0.717, 1.165) is 17.1 Å². The maximum Gasteiger partial charge on any atom is 0.0506 e. The van der Waals surface area contributed by atoms with E-state index in [-0.39, 0.29) is 10.8 Å². The molecular formula is C60H48N2. The average Bonchev–Trinajstić information content (AvgIpc) is 3.55. The van der Waals surface area contributed by atoms with E-state index in [1.807, 2.05) is 0 Å². The molecule has 0 radical (unpaired) electrons. The van der Waals surface area contributed by atoms with Crippen molar-refractivity contribution in [3.63, 3.8) is 0 Å². The molecule has 2 nitrogen and oxygen atoms in total. The summed E-state index contributed by atoms with van der Waals surface area (Å²) >= 11 is 0. The summed E-state index contributed by atoms with van der Waals surface area (Å²) in [5.41, 5.74) is 22.0. The van der Waals surface area contributed by atoms with Gasteiger partial charge < -0.3 is 9.80 Å². The van der Waals surface area contributed by atoms with Crippen LogP contribution in [0.1, 0.15) is 49.9 Å². The van der Waals surface area contributed by atoms with Crippen molar-refractivity contribution in [1.29, 1.82) is 0 Å². The van der Waals surface area contributed by atoms with Gasteiger partial charge in [-0.25, -0.2) is 0 Å². The zero-order valence-corrected chi connectivity index (χ0v) is 35.7. The minimum absolute atomic E-state index is 0.0867. The van der Waals surface area contributed by atoms with Crippen LogP contribution in [-0.2, 0) is 10.8 Å². The van der Waals surface area contributed by atoms with E-state index in [2.05, 4.69) is 256 Å². The predicted molar refractivity (Wildman–Crippen MR) is 262 cm³/mol. The summed E-state index contributed by atoms with van der Waals surface area (Å²) < 4.78 is 0. The number of hydrogen-bond donors (Lipinski definition) is 0. The van der Waals surface area contributed by atoms with Gasteiger partial charge in [-0.1, -0.05) is 173 Å². The van der Waals surface area contributed by atoms with E-state index in [9.17, 15) is 0 Å². The highest BCUT2D eigenvalue weighted by Crippen LogP contribution is 2.58. The Bertz CT molecular complexity index is 2990. The number of para-hydroxylation sites is 1. The average molecular weight is 797 g/mol. The van der Waals surface area contributed by atoms with Crippen molar-refractivity contribution in [2.24, 2.45) is 0 Å². The number of nitrogens with zero attached hydrogens (tertiary/aromatic N) is 2.